The number of hydrogen-bond donors (Lipinski definition) is 2. The normalized spacial score (nSPS) is 18.1. The Morgan fingerprint density at radius 1 is 1.42 bits per heavy atom. The van der Waals surface area contributed by atoms with Crippen LogP contribution in [0.25, 0.3) is 0 Å². The summed E-state index contributed by atoms with van der Waals surface area (Å²) < 4.78 is 13.3. The van der Waals surface area contributed by atoms with Gasteiger partial charge in [-0.25, -0.2) is 4.39 Å². The Hall–Kier alpha value is -1.13. The Bertz CT molecular complexity index is 452. The van der Waals surface area contributed by atoms with Crippen LogP contribution in [-0.4, -0.2) is 19.0 Å². The molecule has 0 aromatic heterocycles. The van der Waals surface area contributed by atoms with Crippen molar-refractivity contribution in [3.8, 4) is 0 Å². The van der Waals surface area contributed by atoms with Gasteiger partial charge in [0.2, 0.25) is 5.91 Å². The van der Waals surface area contributed by atoms with Gasteiger partial charge in [0.05, 0.1) is 5.41 Å². The summed E-state index contributed by atoms with van der Waals surface area (Å²) in [7, 11) is 0. The average Bonchev–Trinajstić information content (AvgIpc) is 2.38. The fourth-order valence-electron chi connectivity index (χ4n) is 2.54. The number of piperidine rings is 1. The van der Waals surface area contributed by atoms with Crippen LogP contribution in [0, 0.1) is 11.2 Å². The lowest BCUT2D eigenvalue weighted by Crippen LogP contribution is -2.44. The molecule has 1 aromatic rings. The Labute approximate surface area is 117 Å². The van der Waals surface area contributed by atoms with Gasteiger partial charge in [-0.1, -0.05) is 18.5 Å². The summed E-state index contributed by atoms with van der Waals surface area (Å²) in [5.41, 5.74) is 0.0608. The van der Waals surface area contributed by atoms with E-state index in [4.69, 9.17) is 11.6 Å². The lowest BCUT2D eigenvalue weighted by molar-refractivity contribution is -0.127. The molecule has 0 bridgehead atoms. The van der Waals surface area contributed by atoms with Gasteiger partial charge in [-0.15, -0.1) is 0 Å². The minimum Gasteiger partial charge on any atom is -0.325 e. The average molecular weight is 285 g/mol. The summed E-state index contributed by atoms with van der Waals surface area (Å²) in [5, 5.41) is 6.33. The highest BCUT2D eigenvalue weighted by atomic mass is 35.5. The van der Waals surface area contributed by atoms with E-state index in [0.717, 1.165) is 32.4 Å². The van der Waals surface area contributed by atoms with E-state index >= 15 is 0 Å². The molecule has 19 heavy (non-hydrogen) atoms. The second-order valence-electron chi connectivity index (χ2n) is 5.00. The second-order valence-corrected chi connectivity index (χ2v) is 5.43. The molecule has 0 saturated carbocycles. The molecule has 0 unspecified atom stereocenters. The molecule has 2 N–H and O–H groups in total. The number of carbonyl (C=O) groups is 1. The van der Waals surface area contributed by atoms with Gasteiger partial charge < -0.3 is 10.6 Å². The van der Waals surface area contributed by atoms with Crippen LogP contribution < -0.4 is 10.6 Å². The highest BCUT2D eigenvalue weighted by Gasteiger charge is 2.37. The molecule has 1 fully saturated rings. The number of rotatable bonds is 3. The molecule has 1 saturated heterocycles. The van der Waals surface area contributed by atoms with Crippen LogP contribution in [0.15, 0.2) is 18.2 Å². The summed E-state index contributed by atoms with van der Waals surface area (Å²) in [6, 6.07) is 4.07. The summed E-state index contributed by atoms with van der Waals surface area (Å²) >= 11 is 5.79. The van der Waals surface area contributed by atoms with E-state index in [0.29, 0.717) is 5.69 Å². The van der Waals surface area contributed by atoms with Crippen molar-refractivity contribution in [3.05, 3.63) is 29.0 Å². The molecule has 0 radical (unpaired) electrons. The smallest absolute Gasteiger partial charge is 0.230 e. The van der Waals surface area contributed by atoms with Crippen molar-refractivity contribution >= 4 is 23.2 Å². The maximum atomic E-state index is 13.3. The van der Waals surface area contributed by atoms with E-state index in [-0.39, 0.29) is 16.3 Å². The molecule has 2 rings (SSSR count). The predicted octanol–water partition coefficient (Wildman–Crippen LogP) is 3.20. The van der Waals surface area contributed by atoms with Crippen molar-refractivity contribution in [2.75, 3.05) is 18.4 Å². The number of carbonyl (C=O) groups excluding carboxylic acids is 1. The van der Waals surface area contributed by atoms with Gasteiger partial charge in [0.15, 0.2) is 0 Å². The molecular formula is C14H18ClFN2O. The van der Waals surface area contributed by atoms with Crippen LogP contribution in [-0.2, 0) is 4.79 Å². The third-order valence-electron chi connectivity index (χ3n) is 3.84. The largest absolute Gasteiger partial charge is 0.325 e. The van der Waals surface area contributed by atoms with Crippen molar-refractivity contribution in [1.82, 2.24) is 5.32 Å². The molecule has 0 spiro atoms. The van der Waals surface area contributed by atoms with E-state index in [1.54, 1.807) is 6.07 Å². The highest BCUT2D eigenvalue weighted by molar-refractivity contribution is 6.30. The van der Waals surface area contributed by atoms with Crippen LogP contribution in [0.2, 0.25) is 5.02 Å². The lowest BCUT2D eigenvalue weighted by atomic mass is 9.76. The third kappa shape index (κ3) is 3.25. The molecule has 1 aliphatic rings. The first-order valence-electron chi connectivity index (χ1n) is 6.54. The number of amides is 1. The Morgan fingerprint density at radius 2 is 2.11 bits per heavy atom. The Balaban J connectivity index is 2.14. The van der Waals surface area contributed by atoms with Crippen molar-refractivity contribution < 1.29 is 9.18 Å². The summed E-state index contributed by atoms with van der Waals surface area (Å²) in [4.78, 5) is 12.4. The molecule has 0 atom stereocenters. The second kappa shape index (κ2) is 5.88. The minimum absolute atomic E-state index is 0.0434. The van der Waals surface area contributed by atoms with E-state index in [1.807, 2.05) is 6.92 Å². The summed E-state index contributed by atoms with van der Waals surface area (Å²) in [6.45, 7) is 3.69. The maximum Gasteiger partial charge on any atom is 0.230 e. The standard InChI is InChI=1S/C14H18ClFN2O/c1-2-14(3-5-17-6-4-14)13(19)18-12-8-10(15)7-11(16)9-12/h7-9,17H,2-6H2,1H3,(H,18,19). The SMILES string of the molecule is CCC1(C(=O)Nc2cc(F)cc(Cl)c2)CCNCC1. The van der Waals surface area contributed by atoms with Crippen LogP contribution >= 0.6 is 11.6 Å². The van der Waals surface area contributed by atoms with E-state index in [2.05, 4.69) is 10.6 Å². The van der Waals surface area contributed by atoms with Gasteiger partial charge in [-0.3, -0.25) is 4.79 Å². The number of anilines is 1. The molecular weight excluding hydrogens is 267 g/mol. The first-order valence-corrected chi connectivity index (χ1v) is 6.92. The summed E-state index contributed by atoms with van der Waals surface area (Å²) in [6.07, 6.45) is 2.39. The van der Waals surface area contributed by atoms with Crippen molar-refractivity contribution in [3.63, 3.8) is 0 Å². The van der Waals surface area contributed by atoms with E-state index in [9.17, 15) is 9.18 Å². The molecule has 0 aliphatic carbocycles. The molecule has 1 amide bonds. The van der Waals surface area contributed by atoms with Crippen LogP contribution in [0.1, 0.15) is 26.2 Å². The van der Waals surface area contributed by atoms with E-state index < -0.39 is 5.82 Å². The topological polar surface area (TPSA) is 41.1 Å². The zero-order valence-electron chi connectivity index (χ0n) is 10.9. The van der Waals surface area contributed by atoms with E-state index in [1.165, 1.54) is 12.1 Å². The first kappa shape index (κ1) is 14.3. The Morgan fingerprint density at radius 3 is 2.68 bits per heavy atom. The molecule has 5 heteroatoms. The molecule has 1 heterocycles. The zero-order chi connectivity index (χ0) is 13.9. The van der Waals surface area contributed by atoms with Gasteiger partial charge in [0.25, 0.3) is 0 Å². The van der Waals surface area contributed by atoms with Crippen molar-refractivity contribution in [2.24, 2.45) is 5.41 Å². The molecule has 104 valence electrons. The zero-order valence-corrected chi connectivity index (χ0v) is 11.7. The van der Waals surface area contributed by atoms with Crippen LogP contribution in [0.5, 0.6) is 0 Å². The lowest BCUT2D eigenvalue weighted by Gasteiger charge is -2.35. The molecule has 3 nitrogen and oxygen atoms in total. The molecule has 1 aliphatic heterocycles. The van der Waals surface area contributed by atoms with Crippen LogP contribution in [0.3, 0.4) is 0 Å². The third-order valence-corrected chi connectivity index (χ3v) is 4.06. The van der Waals surface area contributed by atoms with Gasteiger partial charge >= 0.3 is 0 Å². The highest BCUT2D eigenvalue weighted by Crippen LogP contribution is 2.34. The number of benzene rings is 1. The van der Waals surface area contributed by atoms with Gasteiger partial charge in [0, 0.05) is 10.7 Å². The first-order chi connectivity index (χ1) is 9.05. The number of hydrogen-bond acceptors (Lipinski definition) is 2. The quantitative estimate of drug-likeness (QED) is 0.895. The monoisotopic (exact) mass is 284 g/mol. The fourth-order valence-corrected chi connectivity index (χ4v) is 2.76. The maximum absolute atomic E-state index is 13.3. The Kier molecular flexibility index (Phi) is 4.42. The van der Waals surface area contributed by atoms with Gasteiger partial charge in [0.1, 0.15) is 5.82 Å². The van der Waals surface area contributed by atoms with Crippen molar-refractivity contribution in [1.29, 1.82) is 0 Å². The number of nitrogens with one attached hydrogen (secondary N) is 2. The summed E-state index contributed by atoms with van der Waals surface area (Å²) in [5.74, 6) is -0.489. The van der Waals surface area contributed by atoms with Crippen molar-refractivity contribution in [2.45, 2.75) is 26.2 Å². The number of halogens is 2. The minimum atomic E-state index is -0.446. The fraction of sp³-hybridized carbons (Fsp3) is 0.500. The van der Waals surface area contributed by atoms with Crippen LogP contribution in [0.4, 0.5) is 10.1 Å². The van der Waals surface area contributed by atoms with Gasteiger partial charge in [-0.2, -0.15) is 0 Å². The predicted molar refractivity (Wildman–Crippen MR) is 74.9 cm³/mol. The van der Waals surface area contributed by atoms with Gasteiger partial charge in [-0.05, 0) is 50.6 Å². The molecule has 1 aromatic carbocycles.